The van der Waals surface area contributed by atoms with Crippen LogP contribution in [0.4, 0.5) is 11.4 Å². The molecular formula is C26H39N3O4. The average Bonchev–Trinajstić information content (AvgIpc) is 2.84. The van der Waals surface area contributed by atoms with Crippen LogP contribution in [0.25, 0.3) is 0 Å². The highest BCUT2D eigenvalue weighted by atomic mass is 16.5. The van der Waals surface area contributed by atoms with Crippen molar-refractivity contribution in [2.45, 2.75) is 44.9 Å². The van der Waals surface area contributed by atoms with Crippen LogP contribution in [-0.4, -0.2) is 66.3 Å². The molecule has 7 heteroatoms. The Morgan fingerprint density at radius 2 is 1.15 bits per heavy atom. The van der Waals surface area contributed by atoms with Crippen LogP contribution in [0.3, 0.4) is 0 Å². The second-order valence-electron chi connectivity index (χ2n) is 8.09. The molecule has 2 rings (SSSR count). The summed E-state index contributed by atoms with van der Waals surface area (Å²) in [7, 11) is 0. The van der Waals surface area contributed by atoms with Gasteiger partial charge in [0.15, 0.2) is 0 Å². The molecule has 0 amide bonds. The number of benzene rings is 2. The van der Waals surface area contributed by atoms with Gasteiger partial charge in [-0.1, -0.05) is 37.8 Å². The molecule has 2 aromatic rings. The summed E-state index contributed by atoms with van der Waals surface area (Å²) >= 11 is 0. The molecule has 0 aromatic heterocycles. The van der Waals surface area contributed by atoms with Gasteiger partial charge >= 0.3 is 0 Å². The highest BCUT2D eigenvalue weighted by Gasteiger charge is 2.03. The molecule has 0 saturated heterocycles. The number of azo groups is 1. The van der Waals surface area contributed by atoms with Crippen LogP contribution in [0.1, 0.15) is 44.1 Å². The van der Waals surface area contributed by atoms with E-state index in [4.69, 9.17) is 20.1 Å². The number of aliphatic hydroxyl groups is 3. The third-order valence-electron chi connectivity index (χ3n) is 5.42. The fourth-order valence-electron chi connectivity index (χ4n) is 3.54. The van der Waals surface area contributed by atoms with Gasteiger partial charge in [-0.25, -0.2) is 0 Å². The van der Waals surface area contributed by atoms with Gasteiger partial charge in [-0.3, -0.25) is 4.90 Å². The lowest BCUT2D eigenvalue weighted by Gasteiger charge is -2.19. The summed E-state index contributed by atoms with van der Waals surface area (Å²) in [4.78, 5) is 2.11. The molecule has 0 radical (unpaired) electrons. The summed E-state index contributed by atoms with van der Waals surface area (Å²) in [6.45, 7) is 3.37. The Bertz CT molecular complexity index is 760. The second kappa shape index (κ2) is 17.2. The van der Waals surface area contributed by atoms with Gasteiger partial charge in [0.1, 0.15) is 5.75 Å². The molecule has 0 spiro atoms. The molecule has 0 atom stereocenters. The first kappa shape index (κ1) is 26.9. The largest absolute Gasteiger partial charge is 0.494 e. The lowest BCUT2D eigenvalue weighted by atomic mass is 10.1. The first-order valence-corrected chi connectivity index (χ1v) is 12.0. The van der Waals surface area contributed by atoms with Crippen molar-refractivity contribution in [1.29, 1.82) is 0 Å². The zero-order valence-corrected chi connectivity index (χ0v) is 19.6. The highest BCUT2D eigenvalue weighted by Crippen LogP contribution is 2.22. The van der Waals surface area contributed by atoms with Crippen molar-refractivity contribution >= 4 is 11.4 Å². The van der Waals surface area contributed by atoms with Crippen LogP contribution < -0.4 is 4.74 Å². The molecule has 33 heavy (non-hydrogen) atoms. The molecule has 3 N–H and O–H groups in total. The molecule has 0 heterocycles. The molecule has 0 fully saturated rings. The van der Waals surface area contributed by atoms with Gasteiger partial charge in [-0.15, -0.1) is 0 Å². The zero-order valence-electron chi connectivity index (χ0n) is 19.6. The maximum Gasteiger partial charge on any atom is 0.119 e. The summed E-state index contributed by atoms with van der Waals surface area (Å²) in [6.07, 6.45) is 7.52. The second-order valence-corrected chi connectivity index (χ2v) is 8.09. The van der Waals surface area contributed by atoms with E-state index in [2.05, 4.69) is 15.1 Å². The Labute approximate surface area is 197 Å². The van der Waals surface area contributed by atoms with Gasteiger partial charge in [0, 0.05) is 19.7 Å². The van der Waals surface area contributed by atoms with E-state index in [1.807, 2.05) is 48.5 Å². The SMILES string of the molecule is OCCc1ccc(N=Nc2ccc(OCCCCCCCCN(CCO)CCO)cc2)cc1. The van der Waals surface area contributed by atoms with E-state index >= 15 is 0 Å². The number of rotatable bonds is 18. The highest BCUT2D eigenvalue weighted by molar-refractivity contribution is 5.43. The van der Waals surface area contributed by atoms with Crippen molar-refractivity contribution in [2.24, 2.45) is 10.2 Å². The van der Waals surface area contributed by atoms with Crippen molar-refractivity contribution in [2.75, 3.05) is 46.1 Å². The molecule has 0 aliphatic carbocycles. The van der Waals surface area contributed by atoms with Crippen molar-refractivity contribution in [3.63, 3.8) is 0 Å². The zero-order chi connectivity index (χ0) is 23.6. The molecule has 0 saturated carbocycles. The molecule has 0 bridgehead atoms. The topological polar surface area (TPSA) is 97.9 Å². The minimum absolute atomic E-state index is 0.147. The first-order chi connectivity index (χ1) is 16.2. The lowest BCUT2D eigenvalue weighted by molar-refractivity contribution is 0.159. The number of unbranched alkanes of at least 4 members (excludes halogenated alkanes) is 5. The summed E-state index contributed by atoms with van der Waals surface area (Å²) in [5, 5.41) is 35.5. The van der Waals surface area contributed by atoms with Gasteiger partial charge in [-0.2, -0.15) is 10.2 Å². The molecule has 0 aliphatic rings. The van der Waals surface area contributed by atoms with Crippen LogP contribution >= 0.6 is 0 Å². The predicted octanol–water partition coefficient (Wildman–Crippen LogP) is 4.64. The molecule has 0 aliphatic heterocycles. The Morgan fingerprint density at radius 1 is 0.606 bits per heavy atom. The van der Waals surface area contributed by atoms with Crippen molar-refractivity contribution in [3.8, 4) is 5.75 Å². The maximum atomic E-state index is 9.02. The molecule has 0 unspecified atom stereocenters. The standard InChI is InChI=1S/C26H39N3O4/c30-19-15-23-7-9-24(10-8-23)27-28-25-11-13-26(14-12-25)33-22-6-4-2-1-3-5-16-29(17-20-31)18-21-32/h7-14,30-32H,1-6,15-22H2. The summed E-state index contributed by atoms with van der Waals surface area (Å²) in [5.41, 5.74) is 2.64. The van der Waals surface area contributed by atoms with Gasteiger partial charge < -0.3 is 20.1 Å². The van der Waals surface area contributed by atoms with E-state index in [1.54, 1.807) is 0 Å². The van der Waals surface area contributed by atoms with E-state index in [-0.39, 0.29) is 19.8 Å². The van der Waals surface area contributed by atoms with Crippen LogP contribution in [0.2, 0.25) is 0 Å². The number of hydrogen-bond donors (Lipinski definition) is 3. The number of nitrogens with zero attached hydrogens (tertiary/aromatic N) is 3. The Morgan fingerprint density at radius 3 is 1.73 bits per heavy atom. The van der Waals surface area contributed by atoms with E-state index in [0.717, 1.165) is 48.5 Å². The van der Waals surface area contributed by atoms with Crippen LogP contribution in [0.15, 0.2) is 58.8 Å². The third kappa shape index (κ3) is 11.9. The normalized spacial score (nSPS) is 11.5. The average molecular weight is 458 g/mol. The Balaban J connectivity index is 1.55. The molecular weight excluding hydrogens is 418 g/mol. The Kier molecular flexibility index (Phi) is 14.0. The molecule has 182 valence electrons. The summed E-state index contributed by atoms with van der Waals surface area (Å²) in [5.74, 6) is 0.843. The van der Waals surface area contributed by atoms with Gasteiger partial charge in [-0.05, 0) is 67.8 Å². The minimum atomic E-state index is 0.147. The van der Waals surface area contributed by atoms with E-state index in [9.17, 15) is 0 Å². The number of aliphatic hydroxyl groups excluding tert-OH is 3. The third-order valence-corrected chi connectivity index (χ3v) is 5.42. The minimum Gasteiger partial charge on any atom is -0.494 e. The predicted molar refractivity (Wildman–Crippen MR) is 132 cm³/mol. The number of hydrogen-bond acceptors (Lipinski definition) is 7. The summed E-state index contributed by atoms with van der Waals surface area (Å²) in [6, 6.07) is 15.3. The first-order valence-electron chi connectivity index (χ1n) is 12.0. The van der Waals surface area contributed by atoms with Gasteiger partial charge in [0.25, 0.3) is 0 Å². The van der Waals surface area contributed by atoms with Gasteiger partial charge in [0.05, 0.1) is 31.2 Å². The maximum absolute atomic E-state index is 9.02. The fourth-order valence-corrected chi connectivity index (χ4v) is 3.54. The van der Waals surface area contributed by atoms with E-state index in [1.165, 1.54) is 19.3 Å². The van der Waals surface area contributed by atoms with Crippen molar-refractivity contribution in [1.82, 2.24) is 4.90 Å². The fraction of sp³-hybridized carbons (Fsp3) is 0.538. The van der Waals surface area contributed by atoms with E-state index < -0.39 is 0 Å². The quantitative estimate of drug-likeness (QED) is 0.224. The van der Waals surface area contributed by atoms with Crippen LogP contribution in [0.5, 0.6) is 5.75 Å². The number of ether oxygens (including phenoxy) is 1. The lowest BCUT2D eigenvalue weighted by Crippen LogP contribution is -2.30. The smallest absolute Gasteiger partial charge is 0.119 e. The summed E-state index contributed by atoms with van der Waals surface area (Å²) < 4.78 is 5.83. The van der Waals surface area contributed by atoms with Crippen LogP contribution in [-0.2, 0) is 6.42 Å². The van der Waals surface area contributed by atoms with Crippen molar-refractivity contribution in [3.05, 3.63) is 54.1 Å². The Hall–Kier alpha value is -2.32. The monoisotopic (exact) mass is 457 g/mol. The molecule has 2 aromatic carbocycles. The molecule has 7 nitrogen and oxygen atoms in total. The van der Waals surface area contributed by atoms with Crippen LogP contribution in [0, 0.1) is 0 Å². The van der Waals surface area contributed by atoms with E-state index in [0.29, 0.717) is 26.1 Å². The van der Waals surface area contributed by atoms with Gasteiger partial charge in [0.2, 0.25) is 0 Å². The van der Waals surface area contributed by atoms with Crippen molar-refractivity contribution < 1.29 is 20.1 Å².